The van der Waals surface area contributed by atoms with Crippen molar-refractivity contribution >= 4 is 39.5 Å². The third-order valence-electron chi connectivity index (χ3n) is 4.22. The third kappa shape index (κ3) is 2.16. The minimum Gasteiger partial charge on any atom is -0.477 e. The molecule has 130 valence electrons. The molecule has 0 aliphatic carbocycles. The van der Waals surface area contributed by atoms with Crippen LogP contribution in [0, 0.1) is 0 Å². The largest absolute Gasteiger partial charge is 0.477 e. The number of rotatable bonds is 2. The number of hydrogen-bond donors (Lipinski definition) is 2. The van der Waals surface area contributed by atoms with Crippen LogP contribution in [0.3, 0.4) is 0 Å². The van der Waals surface area contributed by atoms with Gasteiger partial charge >= 0.3 is 11.7 Å². The van der Waals surface area contributed by atoms with Gasteiger partial charge in [0.1, 0.15) is 0 Å². The maximum atomic E-state index is 12.9. The van der Waals surface area contributed by atoms with E-state index in [1.165, 1.54) is 16.8 Å². The van der Waals surface area contributed by atoms with Crippen LogP contribution in [0.4, 0.5) is 0 Å². The van der Waals surface area contributed by atoms with Gasteiger partial charge in [-0.05, 0) is 30.3 Å². The number of nitrogens with one attached hydrogen (secondary N) is 1. The van der Waals surface area contributed by atoms with E-state index in [0.717, 1.165) is 4.57 Å². The fraction of sp³-hybridized carbons (Fsp3) is 0.0588. The molecule has 0 aliphatic rings. The molecule has 0 radical (unpaired) electrons. The van der Waals surface area contributed by atoms with Crippen LogP contribution in [-0.4, -0.2) is 30.2 Å². The van der Waals surface area contributed by atoms with Crippen LogP contribution in [-0.2, 0) is 7.05 Å². The standard InChI is InChI=1S/C17H11ClN4O4/c1-21-11-5-4-8(18)7-9(11)13(14(21)16(24)25)22-15(23)12-10(20-17(22)26)3-2-6-19-12/h2-7H,1H3,(H,20,26)(H,24,25). The van der Waals surface area contributed by atoms with Gasteiger partial charge in [0.15, 0.2) is 11.2 Å². The minimum absolute atomic E-state index is 0.0301. The summed E-state index contributed by atoms with van der Waals surface area (Å²) >= 11 is 6.05. The van der Waals surface area contributed by atoms with Gasteiger partial charge in [0, 0.05) is 23.7 Å². The predicted octanol–water partition coefficient (Wildman–Crippen LogP) is 1.92. The molecule has 9 heteroatoms. The number of aryl methyl sites for hydroxylation is 1. The number of fused-ring (bicyclic) bond motifs is 2. The number of H-pyrrole nitrogens is 1. The Labute approximate surface area is 149 Å². The van der Waals surface area contributed by atoms with E-state index in [0.29, 0.717) is 15.9 Å². The van der Waals surface area contributed by atoms with Crippen LogP contribution >= 0.6 is 11.6 Å². The molecule has 4 aromatic rings. The molecule has 0 saturated carbocycles. The Morgan fingerprint density at radius 3 is 2.77 bits per heavy atom. The van der Waals surface area contributed by atoms with Gasteiger partial charge in [0.25, 0.3) is 5.56 Å². The smallest absolute Gasteiger partial charge is 0.354 e. The quantitative estimate of drug-likeness (QED) is 0.560. The lowest BCUT2D eigenvalue weighted by molar-refractivity contribution is 0.0687. The third-order valence-corrected chi connectivity index (χ3v) is 4.45. The number of carboxylic acids is 1. The van der Waals surface area contributed by atoms with E-state index in [1.54, 1.807) is 31.3 Å². The SMILES string of the molecule is Cn1c(C(=O)O)c(-n2c(=O)[nH]c3cccnc3c2=O)c2cc(Cl)ccc21. The average Bonchev–Trinajstić information content (AvgIpc) is 2.87. The van der Waals surface area contributed by atoms with E-state index in [2.05, 4.69) is 9.97 Å². The summed E-state index contributed by atoms with van der Waals surface area (Å²) in [5.74, 6) is -1.28. The summed E-state index contributed by atoms with van der Waals surface area (Å²) in [6.45, 7) is 0. The molecular formula is C17H11ClN4O4. The van der Waals surface area contributed by atoms with Gasteiger partial charge in [-0.1, -0.05) is 11.6 Å². The molecule has 3 heterocycles. The molecule has 2 N–H and O–H groups in total. The van der Waals surface area contributed by atoms with Gasteiger partial charge in [-0.3, -0.25) is 4.79 Å². The van der Waals surface area contributed by atoms with Crippen LogP contribution in [0.1, 0.15) is 10.5 Å². The highest BCUT2D eigenvalue weighted by Crippen LogP contribution is 2.30. The zero-order valence-corrected chi connectivity index (χ0v) is 14.1. The van der Waals surface area contributed by atoms with Crippen LogP contribution in [0.5, 0.6) is 0 Å². The first-order valence-electron chi connectivity index (χ1n) is 7.52. The second-order valence-electron chi connectivity index (χ2n) is 5.69. The number of carbonyl (C=O) groups is 1. The first-order valence-corrected chi connectivity index (χ1v) is 7.89. The van der Waals surface area contributed by atoms with E-state index in [-0.39, 0.29) is 22.4 Å². The van der Waals surface area contributed by atoms with E-state index >= 15 is 0 Å². The molecular weight excluding hydrogens is 360 g/mol. The Hall–Kier alpha value is -3.39. The summed E-state index contributed by atoms with van der Waals surface area (Å²) in [5.41, 5.74) is -0.892. The highest BCUT2D eigenvalue weighted by molar-refractivity contribution is 6.31. The molecule has 26 heavy (non-hydrogen) atoms. The second-order valence-corrected chi connectivity index (χ2v) is 6.13. The Morgan fingerprint density at radius 1 is 1.27 bits per heavy atom. The van der Waals surface area contributed by atoms with Gasteiger partial charge in [0.05, 0.1) is 16.7 Å². The van der Waals surface area contributed by atoms with Crippen molar-refractivity contribution in [3.63, 3.8) is 0 Å². The summed E-state index contributed by atoms with van der Waals surface area (Å²) in [4.78, 5) is 43.9. The first-order chi connectivity index (χ1) is 12.4. The summed E-state index contributed by atoms with van der Waals surface area (Å²) in [6.07, 6.45) is 1.42. The Kier molecular flexibility index (Phi) is 3.45. The number of pyridine rings is 1. The van der Waals surface area contributed by atoms with Crippen molar-refractivity contribution in [2.75, 3.05) is 0 Å². The Morgan fingerprint density at radius 2 is 2.04 bits per heavy atom. The summed E-state index contributed by atoms with van der Waals surface area (Å²) in [7, 11) is 1.54. The van der Waals surface area contributed by atoms with Crippen molar-refractivity contribution in [1.29, 1.82) is 0 Å². The predicted molar refractivity (Wildman–Crippen MR) is 96.4 cm³/mol. The zero-order valence-electron chi connectivity index (χ0n) is 13.4. The molecule has 1 aromatic carbocycles. The molecule has 0 spiro atoms. The van der Waals surface area contributed by atoms with Crippen molar-refractivity contribution in [2.45, 2.75) is 0 Å². The molecule has 4 rings (SSSR count). The van der Waals surface area contributed by atoms with Crippen molar-refractivity contribution in [1.82, 2.24) is 19.1 Å². The molecule has 0 fully saturated rings. The molecule has 0 unspecified atom stereocenters. The molecule has 3 aromatic heterocycles. The summed E-state index contributed by atoms with van der Waals surface area (Å²) < 4.78 is 2.19. The molecule has 0 atom stereocenters. The lowest BCUT2D eigenvalue weighted by atomic mass is 10.2. The second kappa shape index (κ2) is 5.57. The van der Waals surface area contributed by atoms with Gasteiger partial charge < -0.3 is 14.7 Å². The van der Waals surface area contributed by atoms with Crippen molar-refractivity contribution in [3.05, 3.63) is 68.1 Å². The topological polar surface area (TPSA) is 110 Å². The van der Waals surface area contributed by atoms with Gasteiger partial charge in [0.2, 0.25) is 0 Å². The van der Waals surface area contributed by atoms with E-state index in [1.807, 2.05) is 0 Å². The number of benzene rings is 1. The maximum Gasteiger partial charge on any atom is 0.354 e. The van der Waals surface area contributed by atoms with E-state index in [9.17, 15) is 19.5 Å². The number of aromatic carboxylic acids is 1. The first kappa shape index (κ1) is 16.1. The molecule has 0 amide bonds. The average molecular weight is 371 g/mol. The van der Waals surface area contributed by atoms with E-state index in [4.69, 9.17) is 11.6 Å². The van der Waals surface area contributed by atoms with Crippen LogP contribution in [0.15, 0.2) is 46.1 Å². The van der Waals surface area contributed by atoms with Gasteiger partial charge in [-0.2, -0.15) is 0 Å². The number of nitrogens with zero attached hydrogens (tertiary/aromatic N) is 3. The Bertz CT molecular complexity index is 1330. The van der Waals surface area contributed by atoms with Crippen LogP contribution in [0.25, 0.3) is 27.6 Å². The van der Waals surface area contributed by atoms with Gasteiger partial charge in [-0.25, -0.2) is 19.1 Å². The number of halogens is 1. The number of aromatic nitrogens is 4. The number of aromatic amines is 1. The number of hydrogen-bond acceptors (Lipinski definition) is 4. The minimum atomic E-state index is -1.28. The van der Waals surface area contributed by atoms with Crippen LogP contribution < -0.4 is 11.2 Å². The zero-order chi connectivity index (χ0) is 18.6. The fourth-order valence-corrected chi connectivity index (χ4v) is 3.29. The normalized spacial score (nSPS) is 11.3. The van der Waals surface area contributed by atoms with Crippen molar-refractivity contribution in [3.8, 4) is 5.69 Å². The Balaban J connectivity index is 2.27. The van der Waals surface area contributed by atoms with Gasteiger partial charge in [-0.15, -0.1) is 0 Å². The highest BCUT2D eigenvalue weighted by atomic mass is 35.5. The van der Waals surface area contributed by atoms with E-state index < -0.39 is 17.2 Å². The van der Waals surface area contributed by atoms with Crippen molar-refractivity contribution < 1.29 is 9.90 Å². The molecule has 0 bridgehead atoms. The highest BCUT2D eigenvalue weighted by Gasteiger charge is 2.25. The fourth-order valence-electron chi connectivity index (χ4n) is 3.12. The summed E-state index contributed by atoms with van der Waals surface area (Å²) in [6, 6.07) is 7.89. The molecule has 8 nitrogen and oxygen atoms in total. The van der Waals surface area contributed by atoms with Crippen LogP contribution in [0.2, 0.25) is 5.02 Å². The lowest BCUT2D eigenvalue weighted by Crippen LogP contribution is -2.35. The lowest BCUT2D eigenvalue weighted by Gasteiger charge is -2.07. The molecule has 0 saturated heterocycles. The summed E-state index contributed by atoms with van der Waals surface area (Å²) in [5, 5.41) is 10.4. The monoisotopic (exact) mass is 370 g/mol. The molecule has 0 aliphatic heterocycles. The number of carboxylic acid groups (broad SMARTS) is 1. The maximum absolute atomic E-state index is 12.9. The van der Waals surface area contributed by atoms with Crippen molar-refractivity contribution in [2.24, 2.45) is 7.05 Å².